The van der Waals surface area contributed by atoms with Gasteiger partial charge in [-0.15, -0.1) is 0 Å². The van der Waals surface area contributed by atoms with E-state index in [1.54, 1.807) is 30.1 Å². The van der Waals surface area contributed by atoms with E-state index in [1.807, 2.05) is 6.92 Å². The number of aromatic nitrogens is 4. The van der Waals surface area contributed by atoms with Gasteiger partial charge in [-0.3, -0.25) is 4.79 Å². The van der Waals surface area contributed by atoms with Gasteiger partial charge in [-0.25, -0.2) is 15.0 Å². The first-order valence-electron chi connectivity index (χ1n) is 9.93. The molecule has 31 heavy (non-hydrogen) atoms. The highest BCUT2D eigenvalue weighted by Crippen LogP contribution is 2.42. The topological polar surface area (TPSA) is 96.8 Å². The van der Waals surface area contributed by atoms with Gasteiger partial charge in [0.2, 0.25) is 0 Å². The number of pyridine rings is 2. The number of anilines is 3. The van der Waals surface area contributed by atoms with Crippen molar-refractivity contribution in [2.75, 3.05) is 17.2 Å². The fourth-order valence-electron chi connectivity index (χ4n) is 3.33. The molecule has 3 aromatic heterocycles. The van der Waals surface area contributed by atoms with Gasteiger partial charge < -0.3 is 20.5 Å². The molecule has 1 saturated carbocycles. The van der Waals surface area contributed by atoms with E-state index in [-0.39, 0.29) is 17.4 Å². The van der Waals surface area contributed by atoms with Crippen molar-refractivity contribution >= 4 is 34.3 Å². The van der Waals surface area contributed by atoms with Crippen LogP contribution in [0.4, 0.5) is 30.4 Å². The van der Waals surface area contributed by atoms with Crippen LogP contribution in [0.1, 0.15) is 30.3 Å². The third-order valence-corrected chi connectivity index (χ3v) is 5.03. The first kappa shape index (κ1) is 20.9. The Bertz CT molecular complexity index is 1090. The van der Waals surface area contributed by atoms with Crippen molar-refractivity contribution in [1.29, 1.82) is 0 Å². The largest absolute Gasteiger partial charge is 0.408 e. The van der Waals surface area contributed by atoms with E-state index in [9.17, 15) is 18.0 Å². The standard InChI is InChI=1S/C20H22F3N7O/c1-3-24-19(31)13-7-6-12(9-25-13)27-14-8-15(29-18-16(14)26-10-30(18)2)28-17(11-4-5-11)20(21,22)23/h6-11,17H,3-5H2,1-2H3,(H,24,31)(H2,27,28,29). The maximum Gasteiger partial charge on any atom is 0.408 e. The molecule has 0 bridgehead atoms. The number of nitrogens with one attached hydrogen (secondary N) is 3. The number of hydrogen-bond donors (Lipinski definition) is 3. The van der Waals surface area contributed by atoms with Crippen molar-refractivity contribution in [3.63, 3.8) is 0 Å². The molecule has 11 heteroatoms. The lowest BCUT2D eigenvalue weighted by atomic mass is 10.1. The molecule has 0 spiro atoms. The second-order valence-corrected chi connectivity index (χ2v) is 7.50. The summed E-state index contributed by atoms with van der Waals surface area (Å²) in [7, 11) is 1.72. The van der Waals surface area contributed by atoms with Crippen LogP contribution in [0, 0.1) is 5.92 Å². The quantitative estimate of drug-likeness (QED) is 0.527. The van der Waals surface area contributed by atoms with E-state index in [0.29, 0.717) is 41.9 Å². The minimum Gasteiger partial charge on any atom is -0.358 e. The second-order valence-electron chi connectivity index (χ2n) is 7.50. The summed E-state index contributed by atoms with van der Waals surface area (Å²) in [6, 6.07) is 3.10. The molecular weight excluding hydrogens is 411 g/mol. The van der Waals surface area contributed by atoms with E-state index in [4.69, 9.17) is 0 Å². The minimum absolute atomic E-state index is 0.111. The van der Waals surface area contributed by atoms with Gasteiger partial charge in [0.25, 0.3) is 5.91 Å². The molecule has 0 aliphatic heterocycles. The average Bonchev–Trinajstić information content (AvgIpc) is 3.49. The van der Waals surface area contributed by atoms with Crippen molar-refractivity contribution in [2.24, 2.45) is 13.0 Å². The number of aryl methyl sites for hydroxylation is 1. The smallest absolute Gasteiger partial charge is 0.358 e. The van der Waals surface area contributed by atoms with Gasteiger partial charge in [0.05, 0.1) is 23.9 Å². The molecule has 1 aliphatic carbocycles. The number of rotatable bonds is 7. The van der Waals surface area contributed by atoms with Gasteiger partial charge in [-0.1, -0.05) is 0 Å². The van der Waals surface area contributed by atoms with Gasteiger partial charge in [-0.2, -0.15) is 13.2 Å². The third kappa shape index (κ3) is 4.54. The van der Waals surface area contributed by atoms with Crippen LogP contribution in [-0.4, -0.2) is 44.2 Å². The second kappa shape index (κ2) is 8.05. The van der Waals surface area contributed by atoms with Gasteiger partial charge in [0.15, 0.2) is 5.65 Å². The number of halogens is 3. The van der Waals surface area contributed by atoms with E-state index in [0.717, 1.165) is 0 Å². The first-order valence-corrected chi connectivity index (χ1v) is 9.93. The molecule has 1 atom stereocenters. The third-order valence-electron chi connectivity index (χ3n) is 5.03. The van der Waals surface area contributed by atoms with E-state index >= 15 is 0 Å². The predicted molar refractivity (Wildman–Crippen MR) is 110 cm³/mol. The van der Waals surface area contributed by atoms with Crippen LogP contribution in [0.5, 0.6) is 0 Å². The fraction of sp³-hybridized carbons (Fsp3) is 0.400. The number of carbonyl (C=O) groups is 1. The Hall–Kier alpha value is -3.37. The van der Waals surface area contributed by atoms with Crippen molar-refractivity contribution < 1.29 is 18.0 Å². The number of carbonyl (C=O) groups excluding carboxylic acids is 1. The lowest BCUT2D eigenvalue weighted by Crippen LogP contribution is -2.38. The Kier molecular flexibility index (Phi) is 5.42. The van der Waals surface area contributed by atoms with Crippen LogP contribution >= 0.6 is 0 Å². The number of hydrogen-bond acceptors (Lipinski definition) is 6. The minimum atomic E-state index is -4.36. The summed E-state index contributed by atoms with van der Waals surface area (Å²) < 4.78 is 42.1. The highest BCUT2D eigenvalue weighted by Gasteiger charge is 2.49. The average molecular weight is 433 g/mol. The van der Waals surface area contributed by atoms with Gasteiger partial charge in [0, 0.05) is 19.7 Å². The lowest BCUT2D eigenvalue weighted by molar-refractivity contribution is -0.146. The van der Waals surface area contributed by atoms with Gasteiger partial charge >= 0.3 is 6.18 Å². The van der Waals surface area contributed by atoms with Crippen molar-refractivity contribution in [1.82, 2.24) is 24.8 Å². The molecule has 4 rings (SSSR count). The van der Waals surface area contributed by atoms with E-state index in [1.165, 1.54) is 12.3 Å². The van der Waals surface area contributed by atoms with Crippen molar-refractivity contribution in [2.45, 2.75) is 32.0 Å². The molecule has 1 unspecified atom stereocenters. The Morgan fingerprint density at radius 2 is 2.06 bits per heavy atom. The zero-order chi connectivity index (χ0) is 22.2. The number of imidazole rings is 1. The van der Waals surface area contributed by atoms with Crippen LogP contribution in [-0.2, 0) is 7.05 Å². The van der Waals surface area contributed by atoms with E-state index in [2.05, 4.69) is 30.9 Å². The van der Waals surface area contributed by atoms with Gasteiger partial charge in [0.1, 0.15) is 23.1 Å². The van der Waals surface area contributed by atoms with E-state index < -0.39 is 18.1 Å². The van der Waals surface area contributed by atoms with Crippen LogP contribution < -0.4 is 16.0 Å². The first-order chi connectivity index (χ1) is 14.8. The van der Waals surface area contributed by atoms with Crippen molar-refractivity contribution in [3.05, 3.63) is 36.4 Å². The molecule has 3 N–H and O–H groups in total. The lowest BCUT2D eigenvalue weighted by Gasteiger charge is -2.22. The number of alkyl halides is 3. The zero-order valence-electron chi connectivity index (χ0n) is 17.0. The van der Waals surface area contributed by atoms with Crippen LogP contribution in [0.25, 0.3) is 11.2 Å². The SMILES string of the molecule is CCNC(=O)c1ccc(Nc2cc(NC(C3CC3)C(F)(F)F)nc3c2ncn3C)cn1. The normalized spacial score (nSPS) is 15.0. The number of nitrogens with zero attached hydrogens (tertiary/aromatic N) is 4. The molecule has 1 amide bonds. The van der Waals surface area contributed by atoms with Crippen LogP contribution in [0.2, 0.25) is 0 Å². The highest BCUT2D eigenvalue weighted by atomic mass is 19.4. The molecule has 0 saturated heterocycles. The monoisotopic (exact) mass is 433 g/mol. The summed E-state index contributed by atoms with van der Waals surface area (Å²) >= 11 is 0. The Balaban J connectivity index is 1.63. The molecule has 164 valence electrons. The maximum atomic E-state index is 13.5. The Morgan fingerprint density at radius 1 is 1.29 bits per heavy atom. The summed E-state index contributed by atoms with van der Waals surface area (Å²) in [5, 5.41) is 8.36. The summed E-state index contributed by atoms with van der Waals surface area (Å²) in [5.41, 5.74) is 2.26. The van der Waals surface area contributed by atoms with Crippen LogP contribution in [0.15, 0.2) is 30.7 Å². The molecule has 1 aliphatic rings. The molecule has 3 aromatic rings. The number of amides is 1. The molecular formula is C20H22F3N7O. The Morgan fingerprint density at radius 3 is 2.68 bits per heavy atom. The van der Waals surface area contributed by atoms with Crippen LogP contribution in [0.3, 0.4) is 0 Å². The summed E-state index contributed by atoms with van der Waals surface area (Å²) in [6.07, 6.45) is -0.253. The predicted octanol–water partition coefficient (Wildman–Crippen LogP) is 3.61. The molecule has 1 fully saturated rings. The molecule has 8 nitrogen and oxygen atoms in total. The number of fused-ring (bicyclic) bond motifs is 1. The maximum absolute atomic E-state index is 13.5. The molecule has 0 aromatic carbocycles. The van der Waals surface area contributed by atoms with Gasteiger partial charge in [-0.05, 0) is 37.8 Å². The summed E-state index contributed by atoms with van der Waals surface area (Å²) in [4.78, 5) is 24.6. The summed E-state index contributed by atoms with van der Waals surface area (Å²) in [6.45, 7) is 2.30. The fourth-order valence-corrected chi connectivity index (χ4v) is 3.33. The molecule has 0 radical (unpaired) electrons. The van der Waals surface area contributed by atoms with Crippen molar-refractivity contribution in [3.8, 4) is 0 Å². The zero-order valence-corrected chi connectivity index (χ0v) is 17.0. The summed E-state index contributed by atoms with van der Waals surface area (Å²) in [5.74, 6) is -0.610. The Labute approximate surface area is 176 Å². The highest BCUT2D eigenvalue weighted by molar-refractivity contribution is 5.93. The molecule has 3 heterocycles.